The third-order valence-electron chi connectivity index (χ3n) is 2.42. The first-order valence-corrected chi connectivity index (χ1v) is 6.04. The molecule has 1 aliphatic rings. The van der Waals surface area contributed by atoms with E-state index in [0.717, 1.165) is 12.4 Å². The van der Waals surface area contributed by atoms with E-state index in [9.17, 15) is 0 Å². The molecule has 4 nitrogen and oxygen atoms in total. The lowest BCUT2D eigenvalue weighted by Gasteiger charge is -2.34. The summed E-state index contributed by atoms with van der Waals surface area (Å²) in [6.45, 7) is 11.1. The van der Waals surface area contributed by atoms with Crippen LogP contribution in [0.15, 0.2) is 4.99 Å². The van der Waals surface area contributed by atoms with Crippen molar-refractivity contribution in [1.29, 1.82) is 0 Å². The fourth-order valence-corrected chi connectivity index (χ4v) is 2.18. The van der Waals surface area contributed by atoms with Gasteiger partial charge in [-0.05, 0) is 38.5 Å². The Morgan fingerprint density at radius 1 is 1.25 bits per heavy atom. The highest BCUT2D eigenvalue weighted by atomic mass is 15.3. The van der Waals surface area contributed by atoms with Crippen LogP contribution in [-0.4, -0.2) is 17.5 Å². The van der Waals surface area contributed by atoms with Crippen LogP contribution in [0.25, 0.3) is 0 Å². The third-order valence-corrected chi connectivity index (χ3v) is 2.42. The maximum Gasteiger partial charge on any atom is 0.206 e. The zero-order chi connectivity index (χ0) is 12.4. The fraction of sp³-hybridized carbons (Fsp3) is 0.917. The molecule has 4 N–H and O–H groups in total. The minimum Gasteiger partial charge on any atom is -0.350 e. The normalized spacial score (nSPS) is 18.5. The van der Waals surface area contributed by atoms with Gasteiger partial charge < -0.3 is 5.32 Å². The van der Waals surface area contributed by atoms with Crippen LogP contribution in [-0.2, 0) is 0 Å². The van der Waals surface area contributed by atoms with E-state index in [1.165, 1.54) is 12.8 Å². The number of hydrogen-bond acceptors (Lipinski definition) is 2. The molecule has 0 heterocycles. The quantitative estimate of drug-likeness (QED) is 0.297. The van der Waals surface area contributed by atoms with E-state index in [1.807, 2.05) is 0 Å². The molecule has 1 saturated carbocycles. The van der Waals surface area contributed by atoms with E-state index < -0.39 is 0 Å². The van der Waals surface area contributed by atoms with Gasteiger partial charge in [-0.15, -0.1) is 0 Å². The van der Waals surface area contributed by atoms with Crippen molar-refractivity contribution >= 4 is 5.96 Å². The first-order valence-electron chi connectivity index (χ1n) is 6.04. The third kappa shape index (κ3) is 5.35. The Labute approximate surface area is 99.1 Å². The second-order valence-corrected chi connectivity index (χ2v) is 6.60. The minimum atomic E-state index is -0.00164. The maximum absolute atomic E-state index is 5.48. The van der Waals surface area contributed by atoms with Crippen molar-refractivity contribution in [3.05, 3.63) is 0 Å². The van der Waals surface area contributed by atoms with E-state index in [4.69, 9.17) is 5.84 Å². The van der Waals surface area contributed by atoms with Crippen molar-refractivity contribution in [3.8, 4) is 0 Å². The van der Waals surface area contributed by atoms with E-state index in [-0.39, 0.29) is 11.0 Å². The van der Waals surface area contributed by atoms with Gasteiger partial charge in [-0.25, -0.2) is 10.8 Å². The molecule has 4 heteroatoms. The largest absolute Gasteiger partial charge is 0.350 e. The summed E-state index contributed by atoms with van der Waals surface area (Å²) < 4.78 is 0. The zero-order valence-electron chi connectivity index (χ0n) is 11.2. The number of aliphatic imine (C=N–C) groups is 1. The van der Waals surface area contributed by atoms with Crippen molar-refractivity contribution in [2.75, 3.05) is 0 Å². The molecule has 0 atom stereocenters. The number of hydrogen-bond donors (Lipinski definition) is 3. The molecule has 0 radical (unpaired) electrons. The van der Waals surface area contributed by atoms with Gasteiger partial charge in [0.2, 0.25) is 5.96 Å². The molecule has 0 saturated heterocycles. The van der Waals surface area contributed by atoms with Crippen LogP contribution in [0.2, 0.25) is 0 Å². The molecule has 94 valence electrons. The Morgan fingerprint density at radius 2 is 1.81 bits per heavy atom. The number of nitrogens with zero attached hydrogens (tertiary/aromatic N) is 1. The predicted octanol–water partition coefficient (Wildman–Crippen LogP) is 1.77. The van der Waals surface area contributed by atoms with Crippen LogP contribution in [0, 0.1) is 5.41 Å². The van der Waals surface area contributed by atoms with Gasteiger partial charge in [-0.2, -0.15) is 0 Å². The molecule has 0 aromatic heterocycles. The smallest absolute Gasteiger partial charge is 0.206 e. The van der Waals surface area contributed by atoms with Gasteiger partial charge in [0, 0.05) is 5.54 Å². The Balaban J connectivity index is 2.55. The second kappa shape index (κ2) is 4.62. The molecule has 0 spiro atoms. The summed E-state index contributed by atoms with van der Waals surface area (Å²) in [5.41, 5.74) is 2.94. The zero-order valence-corrected chi connectivity index (χ0v) is 11.2. The summed E-state index contributed by atoms with van der Waals surface area (Å²) in [6.07, 6.45) is 3.44. The molecule has 16 heavy (non-hydrogen) atoms. The van der Waals surface area contributed by atoms with Gasteiger partial charge in [0.1, 0.15) is 0 Å². The van der Waals surface area contributed by atoms with Gasteiger partial charge in [0.05, 0.1) is 6.04 Å². The van der Waals surface area contributed by atoms with E-state index in [1.54, 1.807) is 0 Å². The molecule has 0 unspecified atom stereocenters. The minimum absolute atomic E-state index is 0.00164. The van der Waals surface area contributed by atoms with Crippen molar-refractivity contribution in [3.63, 3.8) is 0 Å². The molecule has 0 amide bonds. The standard InChI is InChI=1S/C12H26N4/c1-11(2,3)8-12(4,5)15-10(16-13)14-9-6-7-9/h9H,6-8,13H2,1-5H3,(H2,14,15,16). The summed E-state index contributed by atoms with van der Waals surface area (Å²) in [5.74, 6) is 6.20. The van der Waals surface area contributed by atoms with Gasteiger partial charge in [0.15, 0.2) is 0 Å². The molecule has 0 bridgehead atoms. The van der Waals surface area contributed by atoms with Crippen LogP contribution in [0.3, 0.4) is 0 Å². The first-order chi connectivity index (χ1) is 7.22. The summed E-state index contributed by atoms with van der Waals surface area (Å²) in [6, 6.07) is 0.476. The average Bonchev–Trinajstić information content (AvgIpc) is 2.81. The molecular formula is C12H26N4. The average molecular weight is 226 g/mol. The Kier molecular flexibility index (Phi) is 3.84. The SMILES string of the molecule is CC(C)(C)CC(C)(C)NC(=NC1CC1)NN. The number of guanidine groups is 1. The van der Waals surface area contributed by atoms with Crippen molar-refractivity contribution in [1.82, 2.24) is 10.7 Å². The van der Waals surface area contributed by atoms with Crippen LogP contribution in [0.5, 0.6) is 0 Å². The first kappa shape index (κ1) is 13.3. The predicted molar refractivity (Wildman–Crippen MR) is 69.1 cm³/mol. The molecular weight excluding hydrogens is 200 g/mol. The molecule has 0 aliphatic heterocycles. The van der Waals surface area contributed by atoms with Gasteiger partial charge in [-0.3, -0.25) is 5.43 Å². The monoisotopic (exact) mass is 226 g/mol. The molecule has 1 fully saturated rings. The maximum atomic E-state index is 5.48. The number of nitrogens with two attached hydrogens (primary N) is 1. The Morgan fingerprint density at radius 3 is 2.19 bits per heavy atom. The van der Waals surface area contributed by atoms with Crippen LogP contribution < -0.4 is 16.6 Å². The Hall–Kier alpha value is -0.770. The Bertz CT molecular complexity index is 259. The molecule has 1 rings (SSSR count). The van der Waals surface area contributed by atoms with E-state index in [2.05, 4.69) is 50.4 Å². The summed E-state index contributed by atoms with van der Waals surface area (Å²) >= 11 is 0. The fourth-order valence-electron chi connectivity index (χ4n) is 2.18. The topological polar surface area (TPSA) is 62.4 Å². The van der Waals surface area contributed by atoms with Crippen molar-refractivity contribution < 1.29 is 0 Å². The van der Waals surface area contributed by atoms with Gasteiger partial charge in [-0.1, -0.05) is 20.8 Å². The van der Waals surface area contributed by atoms with Crippen LogP contribution >= 0.6 is 0 Å². The summed E-state index contributed by atoms with van der Waals surface area (Å²) in [5, 5.41) is 3.38. The number of rotatable bonds is 3. The number of hydrazine groups is 1. The molecule has 0 aromatic rings. The lowest BCUT2D eigenvalue weighted by Crippen LogP contribution is -2.52. The summed E-state index contributed by atoms with van der Waals surface area (Å²) in [7, 11) is 0. The van der Waals surface area contributed by atoms with E-state index in [0.29, 0.717) is 6.04 Å². The van der Waals surface area contributed by atoms with Gasteiger partial charge in [0.25, 0.3) is 0 Å². The molecule has 0 aromatic carbocycles. The summed E-state index contributed by atoms with van der Waals surface area (Å²) in [4.78, 5) is 4.49. The van der Waals surface area contributed by atoms with Crippen molar-refractivity contribution in [2.24, 2.45) is 16.3 Å². The molecule has 1 aliphatic carbocycles. The van der Waals surface area contributed by atoms with Crippen LogP contribution in [0.4, 0.5) is 0 Å². The highest BCUT2D eigenvalue weighted by molar-refractivity contribution is 5.80. The lowest BCUT2D eigenvalue weighted by molar-refractivity contribution is 0.265. The number of nitrogens with one attached hydrogen (secondary N) is 2. The van der Waals surface area contributed by atoms with Gasteiger partial charge >= 0.3 is 0 Å². The highest BCUT2D eigenvalue weighted by Crippen LogP contribution is 2.27. The van der Waals surface area contributed by atoms with Crippen LogP contribution in [0.1, 0.15) is 53.9 Å². The highest BCUT2D eigenvalue weighted by Gasteiger charge is 2.27. The lowest BCUT2D eigenvalue weighted by atomic mass is 9.82. The second-order valence-electron chi connectivity index (χ2n) is 6.60. The van der Waals surface area contributed by atoms with E-state index >= 15 is 0 Å². The van der Waals surface area contributed by atoms with Crippen molar-refractivity contribution in [2.45, 2.75) is 65.5 Å².